The molecular formula is C13H15N5OS. The Morgan fingerprint density at radius 3 is 2.80 bits per heavy atom. The van der Waals surface area contributed by atoms with Crippen molar-refractivity contribution in [3.63, 3.8) is 0 Å². The summed E-state index contributed by atoms with van der Waals surface area (Å²) in [6, 6.07) is 1.76. The first-order valence-corrected chi connectivity index (χ1v) is 7.45. The summed E-state index contributed by atoms with van der Waals surface area (Å²) < 4.78 is 0. The van der Waals surface area contributed by atoms with E-state index in [1.54, 1.807) is 18.5 Å². The van der Waals surface area contributed by atoms with Gasteiger partial charge in [-0.05, 0) is 18.9 Å². The fourth-order valence-electron chi connectivity index (χ4n) is 2.14. The fraction of sp³-hybridized carbons (Fsp3) is 0.385. The van der Waals surface area contributed by atoms with Gasteiger partial charge >= 0.3 is 0 Å². The lowest BCUT2D eigenvalue weighted by Crippen LogP contribution is -2.29. The summed E-state index contributed by atoms with van der Waals surface area (Å²) >= 11 is 1.46. The standard InChI is InChI=1S/C13H15N5OS/c19-11(18-6-1-2-7-18)8-10-9-20-13(16-10)17-12-14-4-3-5-15-12/h3-5,9H,1-2,6-8H2,(H,14,15,16,17). The van der Waals surface area contributed by atoms with E-state index in [0.717, 1.165) is 31.6 Å². The number of thiazole rings is 1. The number of nitrogens with zero attached hydrogens (tertiary/aromatic N) is 4. The molecule has 1 N–H and O–H groups in total. The minimum Gasteiger partial charge on any atom is -0.342 e. The number of nitrogens with one attached hydrogen (secondary N) is 1. The number of anilines is 2. The molecule has 3 rings (SSSR count). The Balaban J connectivity index is 1.60. The highest BCUT2D eigenvalue weighted by atomic mass is 32.1. The molecule has 1 amide bonds. The first-order valence-electron chi connectivity index (χ1n) is 6.57. The van der Waals surface area contributed by atoms with Crippen LogP contribution < -0.4 is 5.32 Å². The van der Waals surface area contributed by atoms with Crippen LogP contribution in [0.1, 0.15) is 18.5 Å². The molecule has 0 radical (unpaired) electrons. The van der Waals surface area contributed by atoms with E-state index in [1.807, 2.05) is 10.3 Å². The predicted octanol–water partition coefficient (Wildman–Crippen LogP) is 1.84. The third kappa shape index (κ3) is 3.11. The van der Waals surface area contributed by atoms with Crippen LogP contribution in [0.15, 0.2) is 23.8 Å². The molecule has 0 unspecified atom stereocenters. The van der Waals surface area contributed by atoms with Gasteiger partial charge in [-0.3, -0.25) is 4.79 Å². The van der Waals surface area contributed by atoms with Crippen molar-refractivity contribution in [3.05, 3.63) is 29.5 Å². The zero-order chi connectivity index (χ0) is 13.8. The molecule has 0 saturated carbocycles. The van der Waals surface area contributed by atoms with Crippen molar-refractivity contribution in [1.29, 1.82) is 0 Å². The third-order valence-electron chi connectivity index (χ3n) is 3.13. The molecule has 0 spiro atoms. The Labute approximate surface area is 120 Å². The maximum atomic E-state index is 12.0. The zero-order valence-corrected chi connectivity index (χ0v) is 11.8. The molecule has 1 fully saturated rings. The monoisotopic (exact) mass is 289 g/mol. The number of likely N-dealkylation sites (tertiary alicyclic amines) is 1. The molecule has 0 bridgehead atoms. The van der Waals surface area contributed by atoms with Gasteiger partial charge in [0.05, 0.1) is 12.1 Å². The molecule has 0 aromatic carbocycles. The SMILES string of the molecule is O=C(Cc1csc(Nc2ncccn2)n1)N1CCCC1. The van der Waals surface area contributed by atoms with Crippen molar-refractivity contribution in [2.45, 2.75) is 19.3 Å². The van der Waals surface area contributed by atoms with Gasteiger partial charge in [0.2, 0.25) is 11.9 Å². The van der Waals surface area contributed by atoms with Crippen LogP contribution in [0.5, 0.6) is 0 Å². The van der Waals surface area contributed by atoms with Crippen LogP contribution in [0.2, 0.25) is 0 Å². The number of rotatable bonds is 4. The molecular weight excluding hydrogens is 274 g/mol. The molecule has 3 heterocycles. The van der Waals surface area contributed by atoms with Gasteiger partial charge in [-0.25, -0.2) is 15.0 Å². The first kappa shape index (κ1) is 13.0. The summed E-state index contributed by atoms with van der Waals surface area (Å²) in [7, 11) is 0. The van der Waals surface area contributed by atoms with Gasteiger partial charge in [-0.2, -0.15) is 0 Å². The van der Waals surface area contributed by atoms with E-state index in [0.29, 0.717) is 17.5 Å². The van der Waals surface area contributed by atoms with E-state index in [2.05, 4.69) is 20.3 Å². The van der Waals surface area contributed by atoms with E-state index in [4.69, 9.17) is 0 Å². The quantitative estimate of drug-likeness (QED) is 0.930. The van der Waals surface area contributed by atoms with Gasteiger partial charge in [0, 0.05) is 30.9 Å². The van der Waals surface area contributed by atoms with Crippen LogP contribution in [0, 0.1) is 0 Å². The number of carbonyl (C=O) groups is 1. The second kappa shape index (κ2) is 5.96. The van der Waals surface area contributed by atoms with Gasteiger partial charge in [0.25, 0.3) is 0 Å². The molecule has 104 valence electrons. The molecule has 1 saturated heterocycles. The summed E-state index contributed by atoms with van der Waals surface area (Å²) in [5.41, 5.74) is 0.797. The maximum absolute atomic E-state index is 12.0. The van der Waals surface area contributed by atoms with Gasteiger partial charge in [-0.1, -0.05) is 0 Å². The number of hydrogen-bond donors (Lipinski definition) is 1. The lowest BCUT2D eigenvalue weighted by atomic mass is 10.3. The highest BCUT2D eigenvalue weighted by Crippen LogP contribution is 2.19. The van der Waals surface area contributed by atoms with Crippen molar-refractivity contribution >= 4 is 28.3 Å². The second-order valence-electron chi connectivity index (χ2n) is 4.61. The Hall–Kier alpha value is -2.02. The normalized spacial score (nSPS) is 14.5. The predicted molar refractivity (Wildman–Crippen MR) is 76.9 cm³/mol. The van der Waals surface area contributed by atoms with Crippen LogP contribution in [0.3, 0.4) is 0 Å². The van der Waals surface area contributed by atoms with Crippen molar-refractivity contribution in [3.8, 4) is 0 Å². The lowest BCUT2D eigenvalue weighted by Gasteiger charge is -2.13. The summed E-state index contributed by atoms with van der Waals surface area (Å²) in [5.74, 6) is 0.676. The summed E-state index contributed by atoms with van der Waals surface area (Å²) in [5, 5.41) is 5.64. The Kier molecular flexibility index (Phi) is 3.87. The minimum absolute atomic E-state index is 0.162. The maximum Gasteiger partial charge on any atom is 0.228 e. The Morgan fingerprint density at radius 1 is 1.30 bits per heavy atom. The molecule has 7 heteroatoms. The largest absolute Gasteiger partial charge is 0.342 e. The number of hydrogen-bond acceptors (Lipinski definition) is 6. The van der Waals surface area contributed by atoms with Gasteiger partial charge in [-0.15, -0.1) is 11.3 Å². The van der Waals surface area contributed by atoms with Crippen molar-refractivity contribution in [2.24, 2.45) is 0 Å². The second-order valence-corrected chi connectivity index (χ2v) is 5.46. The molecule has 2 aromatic rings. The Bertz CT molecular complexity index is 579. The molecule has 0 atom stereocenters. The van der Waals surface area contributed by atoms with Crippen LogP contribution >= 0.6 is 11.3 Å². The van der Waals surface area contributed by atoms with Crippen LogP contribution in [-0.4, -0.2) is 38.8 Å². The molecule has 1 aliphatic heterocycles. The molecule has 0 aliphatic carbocycles. The number of carbonyl (C=O) groups excluding carboxylic acids is 1. The van der Waals surface area contributed by atoms with Crippen molar-refractivity contribution in [2.75, 3.05) is 18.4 Å². The smallest absolute Gasteiger partial charge is 0.228 e. The highest BCUT2D eigenvalue weighted by molar-refractivity contribution is 7.13. The topological polar surface area (TPSA) is 71.0 Å². The fourth-order valence-corrected chi connectivity index (χ4v) is 2.84. The first-order chi connectivity index (χ1) is 9.81. The minimum atomic E-state index is 0.162. The van der Waals surface area contributed by atoms with E-state index >= 15 is 0 Å². The van der Waals surface area contributed by atoms with Gasteiger partial charge in [0.1, 0.15) is 0 Å². The average Bonchev–Trinajstić information content (AvgIpc) is 3.11. The zero-order valence-electron chi connectivity index (χ0n) is 11.0. The van der Waals surface area contributed by atoms with Gasteiger partial charge < -0.3 is 10.2 Å². The van der Waals surface area contributed by atoms with Crippen molar-refractivity contribution < 1.29 is 4.79 Å². The van der Waals surface area contributed by atoms with Crippen LogP contribution in [-0.2, 0) is 11.2 Å². The average molecular weight is 289 g/mol. The third-order valence-corrected chi connectivity index (χ3v) is 3.93. The lowest BCUT2D eigenvalue weighted by molar-refractivity contribution is -0.129. The summed E-state index contributed by atoms with van der Waals surface area (Å²) in [6.07, 6.45) is 5.93. The Morgan fingerprint density at radius 2 is 2.05 bits per heavy atom. The number of amides is 1. The molecule has 20 heavy (non-hydrogen) atoms. The molecule has 1 aliphatic rings. The van der Waals surface area contributed by atoms with Crippen LogP contribution in [0.25, 0.3) is 0 Å². The number of aromatic nitrogens is 3. The molecule has 6 nitrogen and oxygen atoms in total. The van der Waals surface area contributed by atoms with Crippen molar-refractivity contribution in [1.82, 2.24) is 19.9 Å². The molecule has 2 aromatic heterocycles. The van der Waals surface area contributed by atoms with Gasteiger partial charge in [0.15, 0.2) is 5.13 Å². The van der Waals surface area contributed by atoms with Crippen LogP contribution in [0.4, 0.5) is 11.1 Å². The van der Waals surface area contributed by atoms with E-state index in [-0.39, 0.29) is 5.91 Å². The van der Waals surface area contributed by atoms with E-state index in [1.165, 1.54) is 11.3 Å². The van der Waals surface area contributed by atoms with E-state index < -0.39 is 0 Å². The summed E-state index contributed by atoms with van der Waals surface area (Å²) in [4.78, 5) is 26.5. The highest BCUT2D eigenvalue weighted by Gasteiger charge is 2.19. The summed E-state index contributed by atoms with van der Waals surface area (Å²) in [6.45, 7) is 1.76. The van der Waals surface area contributed by atoms with E-state index in [9.17, 15) is 4.79 Å².